The highest BCUT2D eigenvalue weighted by Gasteiger charge is 2.20. The highest BCUT2D eigenvalue weighted by atomic mass is 32.1. The van der Waals surface area contributed by atoms with Crippen LogP contribution in [0.15, 0.2) is 30.6 Å². The van der Waals surface area contributed by atoms with E-state index in [4.69, 9.17) is 0 Å². The third-order valence-corrected chi connectivity index (χ3v) is 5.22. The molecule has 1 aliphatic rings. The molecule has 0 amide bonds. The topological polar surface area (TPSA) is 24.9 Å². The Bertz CT molecular complexity index is 524. The van der Waals surface area contributed by atoms with Crippen molar-refractivity contribution in [3.05, 3.63) is 51.5 Å². The van der Waals surface area contributed by atoms with Crippen molar-refractivity contribution in [1.82, 2.24) is 10.3 Å². The Morgan fingerprint density at radius 1 is 1.35 bits per heavy atom. The molecule has 1 N–H and O–H groups in total. The predicted octanol–water partition coefficient (Wildman–Crippen LogP) is 4.11. The van der Waals surface area contributed by atoms with Crippen molar-refractivity contribution in [3.63, 3.8) is 0 Å². The molecule has 0 bridgehead atoms. The van der Waals surface area contributed by atoms with Crippen LogP contribution < -0.4 is 5.32 Å². The number of aromatic nitrogens is 1. The van der Waals surface area contributed by atoms with Crippen LogP contribution in [0.3, 0.4) is 0 Å². The SMILES string of the molecule is CCCNC(c1cccnc1)c1cc2c(s1)CCCC2. The smallest absolute Gasteiger partial charge is 0.0686 e. The van der Waals surface area contributed by atoms with E-state index in [1.807, 2.05) is 29.8 Å². The van der Waals surface area contributed by atoms with Crippen LogP contribution >= 0.6 is 11.3 Å². The fourth-order valence-corrected chi connectivity index (χ4v) is 4.24. The average molecular weight is 286 g/mol. The lowest BCUT2D eigenvalue weighted by molar-refractivity contribution is 0.604. The predicted molar refractivity (Wildman–Crippen MR) is 85.3 cm³/mol. The molecule has 0 aromatic carbocycles. The van der Waals surface area contributed by atoms with Gasteiger partial charge in [-0.1, -0.05) is 13.0 Å². The van der Waals surface area contributed by atoms with E-state index in [1.165, 1.54) is 36.1 Å². The highest BCUT2D eigenvalue weighted by Crippen LogP contribution is 2.35. The number of hydrogen-bond donors (Lipinski definition) is 1. The quantitative estimate of drug-likeness (QED) is 0.894. The van der Waals surface area contributed by atoms with Crippen LogP contribution in [-0.4, -0.2) is 11.5 Å². The van der Waals surface area contributed by atoms with Gasteiger partial charge in [0.15, 0.2) is 0 Å². The van der Waals surface area contributed by atoms with Crippen molar-refractivity contribution in [1.29, 1.82) is 0 Å². The minimum absolute atomic E-state index is 0.305. The van der Waals surface area contributed by atoms with Crippen LogP contribution in [0, 0.1) is 0 Å². The van der Waals surface area contributed by atoms with Gasteiger partial charge in [0.1, 0.15) is 0 Å². The molecule has 0 aliphatic heterocycles. The molecule has 1 unspecified atom stereocenters. The van der Waals surface area contributed by atoms with E-state index in [0.717, 1.165) is 13.0 Å². The van der Waals surface area contributed by atoms with E-state index in [9.17, 15) is 0 Å². The highest BCUT2D eigenvalue weighted by molar-refractivity contribution is 7.12. The third kappa shape index (κ3) is 2.94. The summed E-state index contributed by atoms with van der Waals surface area (Å²) in [6, 6.07) is 6.95. The van der Waals surface area contributed by atoms with Gasteiger partial charge in [0, 0.05) is 22.1 Å². The average Bonchev–Trinajstić information content (AvgIpc) is 2.92. The van der Waals surface area contributed by atoms with E-state index < -0.39 is 0 Å². The Hall–Kier alpha value is -1.19. The lowest BCUT2D eigenvalue weighted by Crippen LogP contribution is -2.22. The Labute approximate surface area is 125 Å². The molecule has 0 fully saturated rings. The van der Waals surface area contributed by atoms with Crippen LogP contribution in [0.4, 0.5) is 0 Å². The monoisotopic (exact) mass is 286 g/mol. The molecule has 0 saturated carbocycles. The van der Waals surface area contributed by atoms with Crippen molar-refractivity contribution in [3.8, 4) is 0 Å². The molecule has 20 heavy (non-hydrogen) atoms. The van der Waals surface area contributed by atoms with Gasteiger partial charge in [0.25, 0.3) is 0 Å². The van der Waals surface area contributed by atoms with E-state index in [0.29, 0.717) is 6.04 Å². The second-order valence-electron chi connectivity index (χ2n) is 5.48. The molecule has 2 aromatic rings. The summed E-state index contributed by atoms with van der Waals surface area (Å²) in [5, 5.41) is 3.68. The number of fused-ring (bicyclic) bond motifs is 1. The van der Waals surface area contributed by atoms with Crippen molar-refractivity contribution >= 4 is 11.3 Å². The van der Waals surface area contributed by atoms with Gasteiger partial charge in [0.05, 0.1) is 6.04 Å². The maximum atomic E-state index is 4.29. The summed E-state index contributed by atoms with van der Waals surface area (Å²) in [7, 11) is 0. The van der Waals surface area contributed by atoms with Crippen molar-refractivity contribution in [2.24, 2.45) is 0 Å². The zero-order chi connectivity index (χ0) is 13.8. The largest absolute Gasteiger partial charge is 0.306 e. The van der Waals surface area contributed by atoms with E-state index in [1.54, 1.807) is 10.4 Å². The molecular formula is C17H22N2S. The van der Waals surface area contributed by atoms with Gasteiger partial charge in [-0.05, 0) is 61.9 Å². The molecular weight excluding hydrogens is 264 g/mol. The molecule has 0 radical (unpaired) electrons. The third-order valence-electron chi connectivity index (χ3n) is 3.92. The second-order valence-corrected chi connectivity index (χ2v) is 6.65. The van der Waals surface area contributed by atoms with Crippen LogP contribution in [-0.2, 0) is 12.8 Å². The number of hydrogen-bond acceptors (Lipinski definition) is 3. The first-order valence-electron chi connectivity index (χ1n) is 7.63. The number of nitrogens with zero attached hydrogens (tertiary/aromatic N) is 1. The van der Waals surface area contributed by atoms with Gasteiger partial charge >= 0.3 is 0 Å². The number of thiophene rings is 1. The Kier molecular flexibility index (Phi) is 4.48. The normalized spacial score (nSPS) is 15.8. The van der Waals surface area contributed by atoms with E-state index in [-0.39, 0.29) is 0 Å². The molecule has 2 nitrogen and oxygen atoms in total. The molecule has 1 aliphatic carbocycles. The number of aryl methyl sites for hydroxylation is 2. The summed E-state index contributed by atoms with van der Waals surface area (Å²) in [4.78, 5) is 7.35. The summed E-state index contributed by atoms with van der Waals surface area (Å²) in [6.07, 6.45) is 10.2. The summed E-state index contributed by atoms with van der Waals surface area (Å²) >= 11 is 2.00. The Morgan fingerprint density at radius 2 is 2.25 bits per heavy atom. The standard InChI is InChI=1S/C17H22N2S/c1-2-9-19-17(14-7-5-10-18-12-14)16-11-13-6-3-4-8-15(13)20-16/h5,7,10-12,17,19H,2-4,6,8-9H2,1H3. The molecule has 0 saturated heterocycles. The van der Waals surface area contributed by atoms with Crippen LogP contribution in [0.5, 0.6) is 0 Å². The second kappa shape index (κ2) is 6.51. The zero-order valence-electron chi connectivity index (χ0n) is 12.1. The first-order valence-corrected chi connectivity index (χ1v) is 8.45. The van der Waals surface area contributed by atoms with Crippen molar-refractivity contribution < 1.29 is 0 Å². The molecule has 0 spiro atoms. The Balaban J connectivity index is 1.90. The van der Waals surface area contributed by atoms with Gasteiger partial charge in [-0.3, -0.25) is 4.98 Å². The molecule has 2 heterocycles. The van der Waals surface area contributed by atoms with Crippen LogP contribution in [0.1, 0.15) is 53.1 Å². The lowest BCUT2D eigenvalue weighted by atomic mass is 9.98. The summed E-state index contributed by atoms with van der Waals surface area (Å²) in [5.74, 6) is 0. The fourth-order valence-electron chi connectivity index (χ4n) is 2.87. The zero-order valence-corrected chi connectivity index (χ0v) is 12.9. The summed E-state index contributed by atoms with van der Waals surface area (Å²) < 4.78 is 0. The van der Waals surface area contributed by atoms with Gasteiger partial charge < -0.3 is 5.32 Å². The maximum Gasteiger partial charge on any atom is 0.0686 e. The fraction of sp³-hybridized carbons (Fsp3) is 0.471. The Morgan fingerprint density at radius 3 is 3.00 bits per heavy atom. The van der Waals surface area contributed by atoms with Gasteiger partial charge in [-0.2, -0.15) is 0 Å². The first kappa shape index (κ1) is 13.8. The van der Waals surface area contributed by atoms with Gasteiger partial charge in [-0.25, -0.2) is 0 Å². The van der Waals surface area contributed by atoms with E-state index in [2.05, 4.69) is 29.4 Å². The van der Waals surface area contributed by atoms with Gasteiger partial charge in [0.2, 0.25) is 0 Å². The number of rotatable bonds is 5. The van der Waals surface area contributed by atoms with Crippen molar-refractivity contribution in [2.75, 3.05) is 6.54 Å². The van der Waals surface area contributed by atoms with Gasteiger partial charge in [-0.15, -0.1) is 11.3 Å². The van der Waals surface area contributed by atoms with Crippen LogP contribution in [0.2, 0.25) is 0 Å². The molecule has 1 atom stereocenters. The summed E-state index contributed by atoms with van der Waals surface area (Å²) in [6.45, 7) is 3.26. The minimum atomic E-state index is 0.305. The van der Waals surface area contributed by atoms with E-state index >= 15 is 0 Å². The molecule has 3 rings (SSSR count). The number of nitrogens with one attached hydrogen (secondary N) is 1. The number of pyridine rings is 1. The van der Waals surface area contributed by atoms with Crippen LogP contribution in [0.25, 0.3) is 0 Å². The van der Waals surface area contributed by atoms with Crippen molar-refractivity contribution in [2.45, 2.75) is 45.1 Å². The molecule has 106 valence electrons. The first-order chi connectivity index (χ1) is 9.88. The minimum Gasteiger partial charge on any atom is -0.306 e. The molecule has 3 heteroatoms. The summed E-state index contributed by atoms with van der Waals surface area (Å²) in [5.41, 5.74) is 2.86. The lowest BCUT2D eigenvalue weighted by Gasteiger charge is -2.17. The maximum absolute atomic E-state index is 4.29. The molecule has 2 aromatic heterocycles.